The van der Waals surface area contributed by atoms with Crippen LogP contribution < -0.4 is 22.1 Å². The summed E-state index contributed by atoms with van der Waals surface area (Å²) in [5.74, 6) is -3.65. The molecule has 0 bridgehead atoms. The minimum Gasteiger partial charge on any atom is -0.480 e. The number of rotatable bonds is 11. The molecule has 0 aliphatic rings. The van der Waals surface area contributed by atoms with Crippen molar-refractivity contribution in [2.45, 2.75) is 51.2 Å². The van der Waals surface area contributed by atoms with E-state index in [-0.39, 0.29) is 12.3 Å². The standard InChI is InChI=1S/C21H29N5O5/c1-3-11(2)18(23)20(29)25-15(9-17(22)27)19(28)26-16(21(30)31)8-12-10-24-14-7-5-4-6-13(12)14/h4-7,10-11,15-16,18,24H,3,8-9,23H2,1-2H3,(H2,22,27)(H,25,29)(H,26,28)(H,30,31)/t11-,15-,16-,18-/m0/s1. The lowest BCUT2D eigenvalue weighted by Crippen LogP contribution is -2.56. The number of carboxylic acid groups (broad SMARTS) is 1. The molecule has 1 aromatic heterocycles. The van der Waals surface area contributed by atoms with Gasteiger partial charge in [-0.05, 0) is 17.5 Å². The van der Waals surface area contributed by atoms with E-state index < -0.39 is 48.2 Å². The molecule has 0 aliphatic carbocycles. The van der Waals surface area contributed by atoms with Crippen LogP contribution in [0.4, 0.5) is 0 Å². The summed E-state index contributed by atoms with van der Waals surface area (Å²) in [4.78, 5) is 51.4. The number of para-hydroxylation sites is 1. The van der Waals surface area contributed by atoms with Gasteiger partial charge in [-0.2, -0.15) is 0 Å². The van der Waals surface area contributed by atoms with Crippen molar-refractivity contribution in [2.75, 3.05) is 0 Å². The van der Waals surface area contributed by atoms with Crippen molar-refractivity contribution >= 4 is 34.6 Å². The number of nitrogens with two attached hydrogens (primary N) is 2. The summed E-state index contributed by atoms with van der Waals surface area (Å²) < 4.78 is 0. The molecule has 10 heteroatoms. The van der Waals surface area contributed by atoms with Gasteiger partial charge in [0.05, 0.1) is 12.5 Å². The number of amides is 3. The maximum absolute atomic E-state index is 12.7. The zero-order chi connectivity index (χ0) is 23.1. The number of fused-ring (bicyclic) bond motifs is 1. The normalized spacial score (nSPS) is 14.9. The van der Waals surface area contributed by atoms with E-state index in [1.807, 2.05) is 31.2 Å². The van der Waals surface area contributed by atoms with Crippen molar-refractivity contribution in [3.05, 3.63) is 36.0 Å². The molecule has 168 valence electrons. The molecule has 1 aromatic carbocycles. The lowest BCUT2D eigenvalue weighted by molar-refractivity contribution is -0.142. The average molecular weight is 431 g/mol. The van der Waals surface area contributed by atoms with E-state index >= 15 is 0 Å². The number of carbonyl (C=O) groups is 4. The van der Waals surface area contributed by atoms with Gasteiger partial charge < -0.3 is 32.2 Å². The van der Waals surface area contributed by atoms with Crippen molar-refractivity contribution in [3.8, 4) is 0 Å². The molecule has 4 atom stereocenters. The van der Waals surface area contributed by atoms with Crippen LogP contribution >= 0.6 is 0 Å². The van der Waals surface area contributed by atoms with E-state index in [0.29, 0.717) is 12.0 Å². The van der Waals surface area contributed by atoms with Crippen molar-refractivity contribution < 1.29 is 24.3 Å². The first-order chi connectivity index (χ1) is 14.6. The van der Waals surface area contributed by atoms with E-state index in [4.69, 9.17) is 11.5 Å². The Morgan fingerprint density at radius 2 is 1.74 bits per heavy atom. The molecule has 31 heavy (non-hydrogen) atoms. The molecule has 0 radical (unpaired) electrons. The number of aromatic nitrogens is 1. The Hall–Kier alpha value is -3.40. The highest BCUT2D eigenvalue weighted by molar-refractivity contribution is 5.95. The Morgan fingerprint density at radius 1 is 1.10 bits per heavy atom. The molecule has 2 rings (SSSR count). The van der Waals surface area contributed by atoms with Gasteiger partial charge in [-0.25, -0.2) is 4.79 Å². The lowest BCUT2D eigenvalue weighted by atomic mass is 9.98. The fourth-order valence-electron chi connectivity index (χ4n) is 3.18. The van der Waals surface area contributed by atoms with Gasteiger partial charge in [-0.3, -0.25) is 14.4 Å². The molecule has 0 aliphatic heterocycles. The summed E-state index contributed by atoms with van der Waals surface area (Å²) in [6.45, 7) is 3.66. The number of hydrogen-bond donors (Lipinski definition) is 6. The average Bonchev–Trinajstić information content (AvgIpc) is 3.13. The Bertz CT molecular complexity index is 957. The zero-order valence-electron chi connectivity index (χ0n) is 17.6. The molecular formula is C21H29N5O5. The predicted molar refractivity (Wildman–Crippen MR) is 115 cm³/mol. The van der Waals surface area contributed by atoms with Gasteiger partial charge in [0, 0.05) is 23.5 Å². The molecule has 0 unspecified atom stereocenters. The van der Waals surface area contributed by atoms with Crippen molar-refractivity contribution in [1.29, 1.82) is 0 Å². The first-order valence-corrected chi connectivity index (χ1v) is 10.1. The zero-order valence-corrected chi connectivity index (χ0v) is 17.6. The molecule has 0 fully saturated rings. The first-order valence-electron chi connectivity index (χ1n) is 10.1. The van der Waals surface area contributed by atoms with Crippen molar-refractivity contribution in [2.24, 2.45) is 17.4 Å². The Morgan fingerprint density at radius 3 is 2.35 bits per heavy atom. The van der Waals surface area contributed by atoms with Gasteiger partial charge in [0.15, 0.2) is 0 Å². The molecule has 0 spiro atoms. The highest BCUT2D eigenvalue weighted by atomic mass is 16.4. The molecule has 3 amide bonds. The molecule has 8 N–H and O–H groups in total. The van der Waals surface area contributed by atoms with E-state index in [9.17, 15) is 24.3 Å². The second kappa shape index (κ2) is 10.6. The van der Waals surface area contributed by atoms with Gasteiger partial charge in [-0.15, -0.1) is 0 Å². The molecule has 2 aromatic rings. The highest BCUT2D eigenvalue weighted by Crippen LogP contribution is 2.19. The van der Waals surface area contributed by atoms with E-state index in [0.717, 1.165) is 10.9 Å². The maximum atomic E-state index is 12.7. The summed E-state index contributed by atoms with van der Waals surface area (Å²) in [5, 5.41) is 15.3. The Balaban J connectivity index is 2.15. The summed E-state index contributed by atoms with van der Waals surface area (Å²) in [6, 6.07) is 3.88. The van der Waals surface area contributed by atoms with Crippen molar-refractivity contribution in [3.63, 3.8) is 0 Å². The summed E-state index contributed by atoms with van der Waals surface area (Å²) in [5.41, 5.74) is 12.6. The Labute approximate surface area is 179 Å². The number of carbonyl (C=O) groups excluding carboxylic acids is 3. The number of aliphatic carboxylic acids is 1. The van der Waals surface area contributed by atoms with Crippen LogP contribution in [0.3, 0.4) is 0 Å². The SMILES string of the molecule is CC[C@H](C)[C@H](N)C(=O)N[C@@H](CC(N)=O)C(=O)N[C@@H](Cc1c[nH]c2ccccc12)C(=O)O. The van der Waals surface area contributed by atoms with Gasteiger partial charge in [-0.1, -0.05) is 38.5 Å². The fourth-order valence-corrected chi connectivity index (χ4v) is 3.18. The van der Waals surface area contributed by atoms with Gasteiger partial charge >= 0.3 is 5.97 Å². The van der Waals surface area contributed by atoms with Crippen LogP contribution in [-0.4, -0.2) is 51.9 Å². The van der Waals surface area contributed by atoms with Crippen LogP contribution in [0.15, 0.2) is 30.5 Å². The summed E-state index contributed by atoms with van der Waals surface area (Å²) >= 11 is 0. The smallest absolute Gasteiger partial charge is 0.326 e. The van der Waals surface area contributed by atoms with E-state index in [1.54, 1.807) is 13.1 Å². The minimum atomic E-state index is -1.33. The second-order valence-corrected chi connectivity index (χ2v) is 7.61. The Kier molecular flexibility index (Phi) is 8.14. The largest absolute Gasteiger partial charge is 0.480 e. The quantitative estimate of drug-likeness (QED) is 0.291. The maximum Gasteiger partial charge on any atom is 0.326 e. The van der Waals surface area contributed by atoms with E-state index in [2.05, 4.69) is 15.6 Å². The van der Waals surface area contributed by atoms with Crippen LogP contribution in [0.25, 0.3) is 10.9 Å². The third-order valence-corrected chi connectivity index (χ3v) is 5.31. The van der Waals surface area contributed by atoms with Crippen molar-refractivity contribution in [1.82, 2.24) is 15.6 Å². The minimum absolute atomic E-state index is 0.00864. The van der Waals surface area contributed by atoms with Crippen LogP contribution in [-0.2, 0) is 25.6 Å². The van der Waals surface area contributed by atoms with Gasteiger partial charge in [0.2, 0.25) is 17.7 Å². The predicted octanol–water partition coefficient (Wildman–Crippen LogP) is 0.0134. The number of carboxylic acids is 1. The lowest BCUT2D eigenvalue weighted by Gasteiger charge is -2.24. The topological polar surface area (TPSA) is 180 Å². The van der Waals surface area contributed by atoms with Crippen LogP contribution in [0.1, 0.15) is 32.3 Å². The molecular weight excluding hydrogens is 402 g/mol. The molecule has 1 heterocycles. The van der Waals surface area contributed by atoms with Crippen LogP contribution in [0.2, 0.25) is 0 Å². The van der Waals surface area contributed by atoms with Crippen LogP contribution in [0.5, 0.6) is 0 Å². The fraction of sp³-hybridized carbons (Fsp3) is 0.429. The number of benzene rings is 1. The molecule has 0 saturated carbocycles. The van der Waals surface area contributed by atoms with Gasteiger partial charge in [0.25, 0.3) is 0 Å². The van der Waals surface area contributed by atoms with Gasteiger partial charge in [0.1, 0.15) is 12.1 Å². The number of primary amides is 1. The number of nitrogens with one attached hydrogen (secondary N) is 3. The third kappa shape index (κ3) is 6.29. The van der Waals surface area contributed by atoms with E-state index in [1.165, 1.54) is 0 Å². The number of aromatic amines is 1. The third-order valence-electron chi connectivity index (χ3n) is 5.31. The summed E-state index contributed by atoms with van der Waals surface area (Å²) in [7, 11) is 0. The summed E-state index contributed by atoms with van der Waals surface area (Å²) in [6.07, 6.45) is 1.85. The second-order valence-electron chi connectivity index (χ2n) is 7.61. The molecule has 10 nitrogen and oxygen atoms in total. The monoisotopic (exact) mass is 431 g/mol. The highest BCUT2D eigenvalue weighted by Gasteiger charge is 2.30. The number of hydrogen-bond acceptors (Lipinski definition) is 5. The van der Waals surface area contributed by atoms with Crippen LogP contribution in [0, 0.1) is 5.92 Å². The number of H-pyrrole nitrogens is 1. The molecule has 0 saturated heterocycles. The first kappa shape index (κ1) is 23.9.